The molecule has 0 radical (unpaired) electrons. The number of hydrogen-bond donors (Lipinski definition) is 2. The second kappa shape index (κ2) is 9.63. The first-order chi connectivity index (χ1) is 13.7. The molecule has 6 nitrogen and oxygen atoms in total. The highest BCUT2D eigenvalue weighted by atomic mass is 16.5. The van der Waals surface area contributed by atoms with Crippen LogP contribution in [0.1, 0.15) is 78.3 Å². The van der Waals surface area contributed by atoms with Crippen molar-refractivity contribution in [3.05, 3.63) is 46.3 Å². The quantitative estimate of drug-likeness (QED) is 0.602. The highest BCUT2D eigenvalue weighted by Crippen LogP contribution is 2.31. The van der Waals surface area contributed by atoms with Crippen molar-refractivity contribution in [1.82, 2.24) is 10.3 Å². The van der Waals surface area contributed by atoms with E-state index in [9.17, 15) is 9.59 Å². The second-order valence-corrected chi connectivity index (χ2v) is 7.70. The Balaban J connectivity index is 2.22. The summed E-state index contributed by atoms with van der Waals surface area (Å²) in [6.07, 6.45) is 0.603. The summed E-state index contributed by atoms with van der Waals surface area (Å²) in [7, 11) is 1.60. The fourth-order valence-electron chi connectivity index (χ4n) is 3.38. The number of Topliss-reactive ketones (excluding diaryl/α,β-unsaturated/α-hetero) is 1. The summed E-state index contributed by atoms with van der Waals surface area (Å²) in [4.78, 5) is 27.9. The topological polar surface area (TPSA) is 80.4 Å². The lowest BCUT2D eigenvalue weighted by molar-refractivity contribution is 0.0934. The minimum absolute atomic E-state index is 0.0376. The number of hydrogen-bond acceptors (Lipinski definition) is 4. The van der Waals surface area contributed by atoms with E-state index in [2.05, 4.69) is 24.1 Å². The number of aromatic amines is 1. The number of nitrogens with one attached hydrogen (secondary N) is 2. The molecule has 2 rings (SSSR count). The third-order valence-electron chi connectivity index (χ3n) is 4.83. The van der Waals surface area contributed by atoms with E-state index in [4.69, 9.17) is 9.47 Å². The number of ketones is 1. The Bertz CT molecular complexity index is 883. The van der Waals surface area contributed by atoms with Crippen LogP contribution in [0.5, 0.6) is 11.5 Å². The van der Waals surface area contributed by atoms with Gasteiger partial charge in [0.25, 0.3) is 5.91 Å². The average molecular weight is 401 g/mol. The van der Waals surface area contributed by atoms with Gasteiger partial charge >= 0.3 is 0 Å². The van der Waals surface area contributed by atoms with Crippen LogP contribution in [0, 0.1) is 12.8 Å². The van der Waals surface area contributed by atoms with Crippen LogP contribution in [0.25, 0.3) is 0 Å². The Morgan fingerprint density at radius 3 is 2.41 bits per heavy atom. The van der Waals surface area contributed by atoms with Gasteiger partial charge in [-0.05, 0) is 56.4 Å². The predicted octanol–water partition coefficient (Wildman–Crippen LogP) is 4.62. The first-order valence-electron chi connectivity index (χ1n) is 10.0. The minimum Gasteiger partial charge on any atom is -0.493 e. The maximum atomic E-state index is 12.9. The van der Waals surface area contributed by atoms with E-state index in [-0.39, 0.29) is 17.7 Å². The lowest BCUT2D eigenvalue weighted by Gasteiger charge is -2.18. The summed E-state index contributed by atoms with van der Waals surface area (Å²) in [5.74, 6) is 1.46. The lowest BCUT2D eigenvalue weighted by Crippen LogP contribution is -2.28. The predicted molar refractivity (Wildman–Crippen MR) is 114 cm³/mol. The van der Waals surface area contributed by atoms with Gasteiger partial charge in [0.1, 0.15) is 5.69 Å². The largest absolute Gasteiger partial charge is 0.493 e. The summed E-state index contributed by atoms with van der Waals surface area (Å²) in [6, 6.07) is 5.42. The number of ether oxygens (including phenoxy) is 2. The summed E-state index contributed by atoms with van der Waals surface area (Å²) >= 11 is 0. The van der Waals surface area contributed by atoms with Crippen LogP contribution in [-0.4, -0.2) is 30.4 Å². The molecule has 2 N–H and O–H groups in total. The number of methoxy groups -OCH3 is 1. The van der Waals surface area contributed by atoms with E-state index in [0.717, 1.165) is 16.8 Å². The van der Waals surface area contributed by atoms with Crippen LogP contribution in [-0.2, 0) is 6.42 Å². The smallest absolute Gasteiger partial charge is 0.268 e. The summed E-state index contributed by atoms with van der Waals surface area (Å²) in [6.45, 7) is 12.0. The molecular weight excluding hydrogens is 368 g/mol. The van der Waals surface area contributed by atoms with Gasteiger partial charge in [-0.1, -0.05) is 26.8 Å². The van der Waals surface area contributed by atoms with E-state index >= 15 is 0 Å². The van der Waals surface area contributed by atoms with Gasteiger partial charge in [-0.3, -0.25) is 9.59 Å². The van der Waals surface area contributed by atoms with Crippen LogP contribution in [0.2, 0.25) is 0 Å². The zero-order chi connectivity index (χ0) is 21.7. The summed E-state index contributed by atoms with van der Waals surface area (Å²) < 4.78 is 11.3. The molecule has 0 aliphatic rings. The SMILES string of the molecule is CCc1c(C(=O)NC(C)c2ccc(OCC(C)C)c(OC)c2)[nH]c(C)c1C(C)=O. The van der Waals surface area contributed by atoms with Crippen molar-refractivity contribution in [3.63, 3.8) is 0 Å². The van der Waals surface area contributed by atoms with Crippen molar-refractivity contribution in [1.29, 1.82) is 0 Å². The highest BCUT2D eigenvalue weighted by molar-refractivity contribution is 6.02. The van der Waals surface area contributed by atoms with Crippen molar-refractivity contribution in [3.8, 4) is 11.5 Å². The number of rotatable bonds is 9. The van der Waals surface area contributed by atoms with Gasteiger partial charge in [-0.2, -0.15) is 0 Å². The van der Waals surface area contributed by atoms with E-state index in [0.29, 0.717) is 41.7 Å². The van der Waals surface area contributed by atoms with E-state index < -0.39 is 0 Å². The van der Waals surface area contributed by atoms with Gasteiger partial charge in [0, 0.05) is 11.3 Å². The molecule has 29 heavy (non-hydrogen) atoms. The fraction of sp³-hybridized carbons (Fsp3) is 0.478. The Morgan fingerprint density at radius 2 is 1.86 bits per heavy atom. The molecule has 6 heteroatoms. The van der Waals surface area contributed by atoms with Gasteiger partial charge in [0.15, 0.2) is 17.3 Å². The first-order valence-corrected chi connectivity index (χ1v) is 10.0. The molecule has 0 spiro atoms. The molecule has 0 fully saturated rings. The van der Waals surface area contributed by atoms with Crippen molar-refractivity contribution in [2.75, 3.05) is 13.7 Å². The van der Waals surface area contributed by atoms with Crippen LogP contribution >= 0.6 is 0 Å². The Kier molecular flexibility index (Phi) is 7.48. The van der Waals surface area contributed by atoms with E-state index in [1.165, 1.54) is 6.92 Å². The van der Waals surface area contributed by atoms with Crippen LogP contribution in [0.15, 0.2) is 18.2 Å². The molecular formula is C23H32N2O4. The van der Waals surface area contributed by atoms with E-state index in [1.807, 2.05) is 39.0 Å². The number of benzene rings is 1. The van der Waals surface area contributed by atoms with Gasteiger partial charge < -0.3 is 19.8 Å². The monoisotopic (exact) mass is 400 g/mol. The number of carbonyl (C=O) groups excluding carboxylic acids is 2. The van der Waals surface area contributed by atoms with Crippen LogP contribution < -0.4 is 14.8 Å². The van der Waals surface area contributed by atoms with Crippen LogP contribution in [0.4, 0.5) is 0 Å². The van der Waals surface area contributed by atoms with Crippen LogP contribution in [0.3, 0.4) is 0 Å². The van der Waals surface area contributed by atoms with Gasteiger partial charge in [0.05, 0.1) is 19.8 Å². The number of H-pyrrole nitrogens is 1. The molecule has 2 aromatic rings. The molecule has 1 aromatic heterocycles. The second-order valence-electron chi connectivity index (χ2n) is 7.70. The summed E-state index contributed by atoms with van der Waals surface area (Å²) in [5.41, 5.74) is 3.44. The Labute approximate surface area is 173 Å². The molecule has 0 aliphatic carbocycles. The third kappa shape index (κ3) is 5.19. The van der Waals surface area contributed by atoms with Gasteiger partial charge in [0.2, 0.25) is 0 Å². The maximum absolute atomic E-state index is 12.9. The molecule has 1 amide bonds. The first kappa shape index (κ1) is 22.5. The number of carbonyl (C=O) groups is 2. The number of amides is 1. The highest BCUT2D eigenvalue weighted by Gasteiger charge is 2.23. The zero-order valence-corrected chi connectivity index (χ0v) is 18.4. The van der Waals surface area contributed by atoms with Gasteiger partial charge in [-0.25, -0.2) is 0 Å². The van der Waals surface area contributed by atoms with Gasteiger partial charge in [-0.15, -0.1) is 0 Å². The number of aryl methyl sites for hydroxylation is 1. The minimum atomic E-state index is -0.246. The lowest BCUT2D eigenvalue weighted by atomic mass is 10.0. The van der Waals surface area contributed by atoms with Crippen molar-refractivity contribution in [2.24, 2.45) is 5.92 Å². The zero-order valence-electron chi connectivity index (χ0n) is 18.4. The average Bonchev–Trinajstić information content (AvgIpc) is 3.02. The molecule has 1 atom stereocenters. The third-order valence-corrected chi connectivity index (χ3v) is 4.83. The Morgan fingerprint density at radius 1 is 1.17 bits per heavy atom. The van der Waals surface area contributed by atoms with E-state index in [1.54, 1.807) is 7.11 Å². The van der Waals surface area contributed by atoms with Crippen molar-refractivity contribution < 1.29 is 19.1 Å². The molecule has 1 heterocycles. The molecule has 0 aliphatic heterocycles. The molecule has 0 saturated carbocycles. The molecule has 158 valence electrons. The molecule has 0 saturated heterocycles. The van der Waals surface area contributed by atoms with Crippen molar-refractivity contribution in [2.45, 2.75) is 54.0 Å². The standard InChI is InChI=1S/C23H32N2O4/c1-8-18-21(16(6)26)15(5)24-22(18)23(27)25-14(4)17-9-10-19(20(11-17)28-7)29-12-13(2)3/h9-11,13-14,24H,8,12H2,1-7H3,(H,25,27). The Hall–Kier alpha value is -2.76. The number of aromatic nitrogens is 1. The fourth-order valence-corrected chi connectivity index (χ4v) is 3.38. The van der Waals surface area contributed by atoms with Crippen molar-refractivity contribution >= 4 is 11.7 Å². The molecule has 1 unspecified atom stereocenters. The molecule has 1 aromatic carbocycles. The molecule has 0 bridgehead atoms. The summed E-state index contributed by atoms with van der Waals surface area (Å²) in [5, 5.41) is 3.01. The normalized spacial score (nSPS) is 12.0. The maximum Gasteiger partial charge on any atom is 0.268 e.